The van der Waals surface area contributed by atoms with Gasteiger partial charge in [0.1, 0.15) is 6.61 Å². The van der Waals surface area contributed by atoms with Gasteiger partial charge in [0.05, 0.1) is 6.04 Å². The van der Waals surface area contributed by atoms with Crippen molar-refractivity contribution in [3.63, 3.8) is 0 Å². The summed E-state index contributed by atoms with van der Waals surface area (Å²) in [5, 5.41) is 2.62. The molecule has 0 radical (unpaired) electrons. The molecule has 4 heteroatoms. The van der Waals surface area contributed by atoms with E-state index in [0.29, 0.717) is 6.61 Å². The molecular weight excluding hydrogens is 168 g/mol. The Morgan fingerprint density at radius 3 is 2.77 bits per heavy atom. The lowest BCUT2D eigenvalue weighted by molar-refractivity contribution is 0.177. The molecule has 1 fully saturated rings. The number of rotatable bonds is 3. The van der Waals surface area contributed by atoms with Crippen molar-refractivity contribution in [1.29, 1.82) is 0 Å². The van der Waals surface area contributed by atoms with Gasteiger partial charge in [0, 0.05) is 0 Å². The maximum absolute atomic E-state index is 10.6. The molecule has 0 spiro atoms. The van der Waals surface area contributed by atoms with Crippen LogP contribution in [0.2, 0.25) is 0 Å². The zero-order chi connectivity index (χ0) is 9.52. The van der Waals surface area contributed by atoms with Crippen molar-refractivity contribution in [1.82, 2.24) is 5.32 Å². The number of carbonyl (C=O) groups is 1. The predicted octanol–water partition coefficient (Wildman–Crippen LogP) is 0.680. The summed E-state index contributed by atoms with van der Waals surface area (Å²) >= 11 is 0. The number of allylic oxidation sites excluding steroid dienone is 4. The Morgan fingerprint density at radius 2 is 2.15 bits per heavy atom. The first kappa shape index (κ1) is 9.38. The Hall–Kier alpha value is -1.71. The summed E-state index contributed by atoms with van der Waals surface area (Å²) < 4.78 is 4.68. The molecule has 70 valence electrons. The molecule has 1 rings (SSSR count). The van der Waals surface area contributed by atoms with Crippen LogP contribution in [0.3, 0.4) is 0 Å². The van der Waals surface area contributed by atoms with E-state index in [1.54, 1.807) is 12.2 Å². The third-order valence-corrected chi connectivity index (χ3v) is 1.49. The molecule has 0 saturated carbocycles. The van der Waals surface area contributed by atoms with Crippen LogP contribution in [0.1, 0.15) is 0 Å². The molecule has 1 aliphatic rings. The Kier molecular flexibility index (Phi) is 3.63. The third-order valence-electron chi connectivity index (χ3n) is 1.49. The van der Waals surface area contributed by atoms with Gasteiger partial charge in [0.15, 0.2) is 0 Å². The van der Waals surface area contributed by atoms with Gasteiger partial charge in [-0.1, -0.05) is 24.3 Å². The van der Waals surface area contributed by atoms with Gasteiger partial charge < -0.3 is 15.8 Å². The average Bonchev–Trinajstić information content (AvgIpc) is 2.51. The summed E-state index contributed by atoms with van der Waals surface area (Å²) in [6.45, 7) is 0.399. The molecule has 1 heterocycles. The second-order valence-corrected chi connectivity index (χ2v) is 2.50. The lowest BCUT2D eigenvalue weighted by Gasteiger charge is -1.95. The van der Waals surface area contributed by atoms with Crippen LogP contribution in [0.15, 0.2) is 36.6 Å². The van der Waals surface area contributed by atoms with Crippen LogP contribution >= 0.6 is 0 Å². The molecule has 3 N–H and O–H groups in total. The number of hydrogen-bond donors (Lipinski definition) is 2. The maximum atomic E-state index is 10.6. The number of alkyl carbamates (subject to hydrolysis) is 1. The molecule has 0 aliphatic carbocycles. The zero-order valence-electron chi connectivity index (χ0n) is 7.14. The topological polar surface area (TPSA) is 64.3 Å². The van der Waals surface area contributed by atoms with Crippen LogP contribution in [-0.2, 0) is 4.74 Å². The van der Waals surface area contributed by atoms with E-state index in [1.807, 2.05) is 18.2 Å². The van der Waals surface area contributed by atoms with Crippen LogP contribution in [-0.4, -0.2) is 18.7 Å². The van der Waals surface area contributed by atoms with Crippen molar-refractivity contribution < 1.29 is 9.53 Å². The van der Waals surface area contributed by atoms with Crippen LogP contribution < -0.4 is 11.1 Å². The van der Waals surface area contributed by atoms with Gasteiger partial charge in [0.25, 0.3) is 0 Å². The summed E-state index contributed by atoms with van der Waals surface area (Å²) in [6.07, 6.45) is 10.1. The van der Waals surface area contributed by atoms with Gasteiger partial charge in [-0.25, -0.2) is 4.79 Å². The first-order chi connectivity index (χ1) is 6.33. The van der Waals surface area contributed by atoms with Gasteiger partial charge in [0.2, 0.25) is 0 Å². The highest BCUT2D eigenvalue weighted by Crippen LogP contribution is 1.98. The summed E-state index contributed by atoms with van der Waals surface area (Å²) in [4.78, 5) is 10.6. The highest BCUT2D eigenvalue weighted by Gasteiger charge is 2.18. The van der Waals surface area contributed by atoms with Crippen LogP contribution in [0, 0.1) is 0 Å². The highest BCUT2D eigenvalue weighted by atomic mass is 16.6. The molecule has 0 aromatic heterocycles. The molecule has 0 aromatic rings. The van der Waals surface area contributed by atoms with Gasteiger partial charge in [-0.05, 0) is 12.3 Å². The molecule has 1 saturated heterocycles. The van der Waals surface area contributed by atoms with Crippen molar-refractivity contribution in [2.75, 3.05) is 6.61 Å². The number of nitrogens with one attached hydrogen (secondary N) is 1. The number of nitrogens with two attached hydrogens (primary N) is 1. The monoisotopic (exact) mass is 180 g/mol. The van der Waals surface area contributed by atoms with Gasteiger partial charge in [-0.15, -0.1) is 0 Å². The minimum atomic E-state index is -0.361. The minimum absolute atomic E-state index is 0.0148. The SMILES string of the molecule is N\C=C/C=C\C=C\[C@H]1COC(=O)N1. The zero-order valence-corrected chi connectivity index (χ0v) is 7.14. The number of cyclic esters (lactones) is 1. The van der Waals surface area contributed by atoms with Crippen molar-refractivity contribution in [3.05, 3.63) is 36.6 Å². The van der Waals surface area contributed by atoms with E-state index in [4.69, 9.17) is 5.73 Å². The smallest absolute Gasteiger partial charge is 0.407 e. The number of amides is 1. The summed E-state index contributed by atoms with van der Waals surface area (Å²) in [5.74, 6) is 0. The normalized spacial score (nSPS) is 23.1. The van der Waals surface area contributed by atoms with Crippen LogP contribution in [0.25, 0.3) is 0 Å². The van der Waals surface area contributed by atoms with E-state index in [-0.39, 0.29) is 12.1 Å². The molecule has 4 nitrogen and oxygen atoms in total. The fraction of sp³-hybridized carbons (Fsp3) is 0.222. The van der Waals surface area contributed by atoms with Crippen molar-refractivity contribution in [2.24, 2.45) is 5.73 Å². The molecule has 0 aromatic carbocycles. The van der Waals surface area contributed by atoms with E-state index in [2.05, 4.69) is 10.1 Å². The van der Waals surface area contributed by atoms with E-state index in [1.165, 1.54) is 6.20 Å². The Labute approximate surface area is 76.7 Å². The van der Waals surface area contributed by atoms with E-state index in [9.17, 15) is 4.79 Å². The third kappa shape index (κ3) is 3.46. The Morgan fingerprint density at radius 1 is 1.38 bits per heavy atom. The number of carbonyl (C=O) groups excluding carboxylic acids is 1. The van der Waals surface area contributed by atoms with Crippen LogP contribution in [0.5, 0.6) is 0 Å². The average molecular weight is 180 g/mol. The van der Waals surface area contributed by atoms with Crippen LogP contribution in [0.4, 0.5) is 4.79 Å². The number of ether oxygens (including phenoxy) is 1. The van der Waals surface area contributed by atoms with Crippen molar-refractivity contribution in [3.8, 4) is 0 Å². The first-order valence-electron chi connectivity index (χ1n) is 3.98. The highest BCUT2D eigenvalue weighted by molar-refractivity contribution is 5.70. The van der Waals surface area contributed by atoms with Crippen molar-refractivity contribution in [2.45, 2.75) is 6.04 Å². The Bertz CT molecular complexity index is 256. The van der Waals surface area contributed by atoms with Crippen molar-refractivity contribution >= 4 is 6.09 Å². The lowest BCUT2D eigenvalue weighted by atomic mass is 10.3. The molecule has 0 bridgehead atoms. The summed E-state index contributed by atoms with van der Waals surface area (Å²) in [5.41, 5.74) is 5.12. The first-order valence-corrected chi connectivity index (χ1v) is 3.98. The van der Waals surface area contributed by atoms with Gasteiger partial charge in [-0.2, -0.15) is 0 Å². The molecule has 1 amide bonds. The Balaban J connectivity index is 2.28. The van der Waals surface area contributed by atoms with E-state index >= 15 is 0 Å². The fourth-order valence-corrected chi connectivity index (χ4v) is 0.895. The molecule has 13 heavy (non-hydrogen) atoms. The summed E-state index contributed by atoms with van der Waals surface area (Å²) in [6, 6.07) is -0.0148. The van der Waals surface area contributed by atoms with E-state index < -0.39 is 0 Å². The lowest BCUT2D eigenvalue weighted by Crippen LogP contribution is -2.23. The largest absolute Gasteiger partial charge is 0.447 e. The summed E-state index contributed by atoms with van der Waals surface area (Å²) in [7, 11) is 0. The second-order valence-electron chi connectivity index (χ2n) is 2.50. The molecule has 1 aliphatic heterocycles. The van der Waals surface area contributed by atoms with E-state index in [0.717, 1.165) is 0 Å². The van der Waals surface area contributed by atoms with Gasteiger partial charge >= 0.3 is 6.09 Å². The predicted molar refractivity (Wildman–Crippen MR) is 49.9 cm³/mol. The van der Waals surface area contributed by atoms with Gasteiger partial charge in [-0.3, -0.25) is 0 Å². The molecular formula is C9H12N2O2. The fourth-order valence-electron chi connectivity index (χ4n) is 0.895. The quantitative estimate of drug-likeness (QED) is 0.628. The molecule has 1 atom stereocenters. The minimum Gasteiger partial charge on any atom is -0.447 e. The maximum Gasteiger partial charge on any atom is 0.407 e. The second kappa shape index (κ2) is 5.03. The number of hydrogen-bond acceptors (Lipinski definition) is 3. The molecule has 0 unspecified atom stereocenters. The standard InChI is InChI=1S/C9H12N2O2/c10-6-4-2-1-3-5-8-7-13-9(12)11-8/h1-6,8H,7,10H2,(H,11,12)/b2-1-,5-3+,6-4-/t8-/m0/s1.